The second-order valence-corrected chi connectivity index (χ2v) is 5.92. The molecular formula is C8H13Cl2NO. The molecule has 2 nitrogen and oxygen atoms in total. The highest BCUT2D eigenvalue weighted by Crippen LogP contribution is 2.33. The largest absolute Gasteiger partial charge is 0.339 e. The van der Waals surface area contributed by atoms with Gasteiger partial charge in [0.25, 0.3) is 5.91 Å². The van der Waals surface area contributed by atoms with E-state index in [2.05, 4.69) is 13.8 Å². The van der Waals surface area contributed by atoms with Gasteiger partial charge in [0.1, 0.15) is 0 Å². The van der Waals surface area contributed by atoms with Gasteiger partial charge in [-0.25, -0.2) is 0 Å². The first-order valence-corrected chi connectivity index (χ1v) is 4.65. The number of carbonyl (C=O) groups is 1. The Morgan fingerprint density at radius 2 is 1.83 bits per heavy atom. The predicted octanol–water partition coefficient (Wildman–Crippen LogP) is 2.05. The highest BCUT2D eigenvalue weighted by molar-refractivity contribution is 6.57. The Balaban J connectivity index is 2.50. The van der Waals surface area contributed by atoms with Crippen molar-refractivity contribution in [2.75, 3.05) is 13.1 Å². The summed E-state index contributed by atoms with van der Waals surface area (Å²) in [5, 5.41) is 0. The van der Waals surface area contributed by atoms with Crippen LogP contribution in [0.2, 0.25) is 0 Å². The lowest BCUT2D eigenvalue weighted by atomic mass is 9.84. The zero-order valence-corrected chi connectivity index (χ0v) is 9.04. The number of rotatable bonds is 1. The third kappa shape index (κ3) is 2.05. The summed E-state index contributed by atoms with van der Waals surface area (Å²) in [6.07, 6.45) is 0. The van der Waals surface area contributed by atoms with Gasteiger partial charge in [-0.05, 0) is 12.3 Å². The highest BCUT2D eigenvalue weighted by atomic mass is 35.5. The van der Waals surface area contributed by atoms with Gasteiger partial charge in [0.05, 0.1) is 0 Å². The SMILES string of the molecule is CC1(C)CN(C(=O)C(C)(Cl)Cl)C1. The Hall–Kier alpha value is 0.0500. The molecule has 0 aromatic heterocycles. The molecule has 1 saturated heterocycles. The number of amides is 1. The number of likely N-dealkylation sites (tertiary alicyclic amines) is 1. The Morgan fingerprint density at radius 1 is 1.42 bits per heavy atom. The van der Waals surface area contributed by atoms with Crippen LogP contribution in [0.15, 0.2) is 0 Å². The fourth-order valence-electron chi connectivity index (χ4n) is 1.41. The van der Waals surface area contributed by atoms with Crippen LogP contribution in [0.4, 0.5) is 0 Å². The molecule has 1 aliphatic rings. The van der Waals surface area contributed by atoms with Crippen molar-refractivity contribution in [1.82, 2.24) is 4.90 Å². The summed E-state index contributed by atoms with van der Waals surface area (Å²) < 4.78 is -1.27. The molecule has 1 amide bonds. The maximum absolute atomic E-state index is 11.4. The fraction of sp³-hybridized carbons (Fsp3) is 0.875. The Labute approximate surface area is 82.8 Å². The first-order chi connectivity index (χ1) is 5.22. The van der Waals surface area contributed by atoms with Crippen molar-refractivity contribution in [2.45, 2.75) is 25.1 Å². The molecule has 12 heavy (non-hydrogen) atoms. The zero-order chi connectivity index (χ0) is 9.57. The van der Waals surface area contributed by atoms with E-state index >= 15 is 0 Å². The Bertz CT molecular complexity index is 200. The number of alkyl halides is 2. The molecule has 1 rings (SSSR count). The zero-order valence-electron chi connectivity index (χ0n) is 7.53. The van der Waals surface area contributed by atoms with Crippen molar-refractivity contribution in [3.63, 3.8) is 0 Å². The lowest BCUT2D eigenvalue weighted by Gasteiger charge is -2.47. The summed E-state index contributed by atoms with van der Waals surface area (Å²) >= 11 is 11.3. The fourth-order valence-corrected chi connectivity index (χ4v) is 1.65. The van der Waals surface area contributed by atoms with Crippen LogP contribution in [0.1, 0.15) is 20.8 Å². The first-order valence-electron chi connectivity index (χ1n) is 3.90. The smallest absolute Gasteiger partial charge is 0.258 e. The van der Waals surface area contributed by atoms with E-state index in [1.165, 1.54) is 6.92 Å². The lowest BCUT2D eigenvalue weighted by Crippen LogP contribution is -2.58. The molecule has 0 atom stereocenters. The molecular weight excluding hydrogens is 197 g/mol. The summed E-state index contributed by atoms with van der Waals surface area (Å²) in [6, 6.07) is 0. The van der Waals surface area contributed by atoms with Crippen molar-refractivity contribution in [1.29, 1.82) is 0 Å². The highest BCUT2D eigenvalue weighted by Gasteiger charge is 2.42. The minimum absolute atomic E-state index is 0.190. The molecule has 70 valence electrons. The van der Waals surface area contributed by atoms with Crippen LogP contribution in [0, 0.1) is 5.41 Å². The number of nitrogens with zero attached hydrogens (tertiary/aromatic N) is 1. The van der Waals surface area contributed by atoms with Crippen LogP contribution >= 0.6 is 23.2 Å². The molecule has 0 saturated carbocycles. The van der Waals surface area contributed by atoms with Gasteiger partial charge in [0, 0.05) is 13.1 Å². The number of hydrogen-bond donors (Lipinski definition) is 0. The van der Waals surface area contributed by atoms with Crippen molar-refractivity contribution in [3.8, 4) is 0 Å². The maximum atomic E-state index is 11.4. The van der Waals surface area contributed by atoms with Gasteiger partial charge < -0.3 is 4.90 Å². The standard InChI is InChI=1S/C8H13Cl2NO/c1-7(2)4-11(5-7)6(12)8(3,9)10/h4-5H2,1-3H3. The van der Waals surface area contributed by atoms with Crippen molar-refractivity contribution >= 4 is 29.1 Å². The lowest BCUT2D eigenvalue weighted by molar-refractivity contribution is -0.141. The van der Waals surface area contributed by atoms with Crippen LogP contribution in [0.25, 0.3) is 0 Å². The van der Waals surface area contributed by atoms with E-state index in [9.17, 15) is 4.79 Å². The third-order valence-electron chi connectivity index (χ3n) is 1.90. The van der Waals surface area contributed by atoms with Gasteiger partial charge in [0.15, 0.2) is 4.33 Å². The monoisotopic (exact) mass is 209 g/mol. The molecule has 4 heteroatoms. The van der Waals surface area contributed by atoms with Gasteiger partial charge in [-0.15, -0.1) is 0 Å². The summed E-state index contributed by atoms with van der Waals surface area (Å²) in [6.45, 7) is 7.22. The molecule has 0 radical (unpaired) electrons. The summed E-state index contributed by atoms with van der Waals surface area (Å²) in [5.41, 5.74) is 0.231. The average molecular weight is 210 g/mol. The maximum Gasteiger partial charge on any atom is 0.258 e. The van der Waals surface area contributed by atoms with Gasteiger partial charge in [-0.3, -0.25) is 4.79 Å². The molecule has 0 aromatic rings. The van der Waals surface area contributed by atoms with E-state index in [1.807, 2.05) is 0 Å². The third-order valence-corrected chi connectivity index (χ3v) is 2.22. The molecule has 0 aliphatic carbocycles. The number of hydrogen-bond acceptors (Lipinski definition) is 1. The normalized spacial score (nSPS) is 21.9. The van der Waals surface area contributed by atoms with Crippen LogP contribution in [-0.4, -0.2) is 28.2 Å². The van der Waals surface area contributed by atoms with Gasteiger partial charge in [-0.1, -0.05) is 37.0 Å². The second kappa shape index (κ2) is 2.78. The Morgan fingerprint density at radius 3 is 2.08 bits per heavy atom. The van der Waals surface area contributed by atoms with Crippen molar-refractivity contribution in [3.05, 3.63) is 0 Å². The number of halogens is 2. The van der Waals surface area contributed by atoms with E-state index in [1.54, 1.807) is 4.90 Å². The van der Waals surface area contributed by atoms with E-state index in [0.29, 0.717) is 0 Å². The van der Waals surface area contributed by atoms with Crippen LogP contribution in [-0.2, 0) is 4.79 Å². The molecule has 0 N–H and O–H groups in total. The average Bonchev–Trinajstić information content (AvgIpc) is 1.78. The Kier molecular flexibility index (Phi) is 2.34. The van der Waals surface area contributed by atoms with Crippen LogP contribution < -0.4 is 0 Å². The first kappa shape index (κ1) is 10.1. The minimum Gasteiger partial charge on any atom is -0.339 e. The van der Waals surface area contributed by atoms with Gasteiger partial charge in [0.2, 0.25) is 0 Å². The van der Waals surface area contributed by atoms with E-state index in [-0.39, 0.29) is 11.3 Å². The van der Waals surface area contributed by atoms with Crippen molar-refractivity contribution < 1.29 is 4.79 Å². The molecule has 0 bridgehead atoms. The number of carbonyl (C=O) groups excluding carboxylic acids is 1. The molecule has 0 spiro atoms. The summed E-state index contributed by atoms with van der Waals surface area (Å²) in [4.78, 5) is 13.1. The van der Waals surface area contributed by atoms with E-state index in [4.69, 9.17) is 23.2 Å². The van der Waals surface area contributed by atoms with Gasteiger partial charge >= 0.3 is 0 Å². The van der Waals surface area contributed by atoms with Crippen molar-refractivity contribution in [2.24, 2.45) is 5.41 Å². The molecule has 0 aromatic carbocycles. The summed E-state index contributed by atoms with van der Waals surface area (Å²) in [5.74, 6) is -0.190. The second-order valence-electron chi connectivity index (χ2n) is 4.21. The quantitative estimate of drug-likeness (QED) is 0.606. The van der Waals surface area contributed by atoms with Crippen LogP contribution in [0.5, 0.6) is 0 Å². The predicted molar refractivity (Wildman–Crippen MR) is 50.5 cm³/mol. The minimum atomic E-state index is -1.27. The van der Waals surface area contributed by atoms with E-state index in [0.717, 1.165) is 13.1 Å². The van der Waals surface area contributed by atoms with E-state index < -0.39 is 4.33 Å². The van der Waals surface area contributed by atoms with Gasteiger partial charge in [-0.2, -0.15) is 0 Å². The molecule has 1 aliphatic heterocycles. The topological polar surface area (TPSA) is 20.3 Å². The van der Waals surface area contributed by atoms with Crippen LogP contribution in [0.3, 0.4) is 0 Å². The summed E-state index contributed by atoms with van der Waals surface area (Å²) in [7, 11) is 0. The molecule has 1 heterocycles. The molecule has 1 fully saturated rings. The molecule has 0 unspecified atom stereocenters.